The number of fused-ring (bicyclic) bond motifs is 1. The minimum atomic E-state index is -0.296. The maximum atomic E-state index is 12.3. The van der Waals surface area contributed by atoms with Crippen molar-refractivity contribution in [3.05, 3.63) is 23.8 Å². The van der Waals surface area contributed by atoms with Crippen molar-refractivity contribution in [3.8, 4) is 11.5 Å². The molecular weight excluding hydrogens is 264 g/mol. The van der Waals surface area contributed by atoms with E-state index >= 15 is 0 Å². The van der Waals surface area contributed by atoms with Gasteiger partial charge in [0.1, 0.15) is 13.2 Å². The molecule has 1 aromatic carbocycles. The van der Waals surface area contributed by atoms with Crippen LogP contribution in [0.2, 0.25) is 0 Å². The van der Waals surface area contributed by atoms with Gasteiger partial charge in [0.25, 0.3) is 5.91 Å². The Morgan fingerprint density at radius 1 is 1.37 bits per heavy atom. The van der Waals surface area contributed by atoms with Gasteiger partial charge in [-0.3, -0.25) is 4.79 Å². The summed E-state index contributed by atoms with van der Waals surface area (Å²) in [7, 11) is 1.67. The fourth-order valence-electron chi connectivity index (χ4n) is 1.75. The average Bonchev–Trinajstić information content (AvgIpc) is 2.44. The monoisotopic (exact) mass is 280 g/mol. The molecule has 1 atom stereocenters. The highest BCUT2D eigenvalue weighted by molar-refractivity contribution is 7.80. The van der Waals surface area contributed by atoms with Crippen LogP contribution in [0.5, 0.6) is 11.5 Å². The number of carbonyl (C=O) groups excluding carboxylic acids is 1. The standard InChI is InChI=1S/C13H16N2O3S/c1-8(12(14)19)15(2)13(16)9-3-4-10-11(7-9)18-6-5-17-10/h3-4,7-8H,5-6H2,1-2H3,(H2,14,19). The zero-order valence-electron chi connectivity index (χ0n) is 10.9. The number of ether oxygens (including phenoxy) is 2. The lowest BCUT2D eigenvalue weighted by Crippen LogP contribution is -2.42. The van der Waals surface area contributed by atoms with E-state index in [0.717, 1.165) is 0 Å². The Labute approximate surface area is 117 Å². The third-order valence-corrected chi connectivity index (χ3v) is 3.44. The van der Waals surface area contributed by atoms with Crippen molar-refractivity contribution in [1.82, 2.24) is 4.90 Å². The second-order valence-corrected chi connectivity index (χ2v) is 4.82. The summed E-state index contributed by atoms with van der Waals surface area (Å²) in [6, 6.07) is 4.83. The molecule has 2 N–H and O–H groups in total. The van der Waals surface area contributed by atoms with Crippen LogP contribution in [0.1, 0.15) is 17.3 Å². The second-order valence-electron chi connectivity index (χ2n) is 4.35. The van der Waals surface area contributed by atoms with Gasteiger partial charge in [0.15, 0.2) is 11.5 Å². The van der Waals surface area contributed by atoms with Gasteiger partial charge in [0.05, 0.1) is 11.0 Å². The highest BCUT2D eigenvalue weighted by atomic mass is 32.1. The van der Waals surface area contributed by atoms with Crippen LogP contribution in [-0.4, -0.2) is 42.1 Å². The molecule has 1 heterocycles. The van der Waals surface area contributed by atoms with Gasteiger partial charge in [-0.05, 0) is 25.1 Å². The molecule has 0 fully saturated rings. The molecule has 2 rings (SSSR count). The first-order valence-electron chi connectivity index (χ1n) is 5.97. The molecule has 1 aliphatic heterocycles. The first-order valence-corrected chi connectivity index (χ1v) is 6.37. The van der Waals surface area contributed by atoms with E-state index in [-0.39, 0.29) is 16.9 Å². The normalized spacial score (nSPS) is 14.6. The summed E-state index contributed by atoms with van der Waals surface area (Å²) >= 11 is 4.90. The van der Waals surface area contributed by atoms with Crippen molar-refractivity contribution in [3.63, 3.8) is 0 Å². The predicted octanol–water partition coefficient (Wildman–Crippen LogP) is 1.20. The number of hydrogen-bond acceptors (Lipinski definition) is 4. The Morgan fingerprint density at radius 2 is 2.00 bits per heavy atom. The topological polar surface area (TPSA) is 64.8 Å². The molecule has 1 aromatic rings. The van der Waals surface area contributed by atoms with E-state index in [9.17, 15) is 4.79 Å². The zero-order chi connectivity index (χ0) is 14.0. The first kappa shape index (κ1) is 13.6. The molecule has 0 spiro atoms. The molecule has 0 saturated heterocycles. The molecule has 0 saturated carbocycles. The summed E-state index contributed by atoms with van der Waals surface area (Å²) in [5, 5.41) is 0. The molecule has 1 amide bonds. The Hall–Kier alpha value is -1.82. The van der Waals surface area contributed by atoms with Crippen LogP contribution in [0.4, 0.5) is 0 Å². The molecule has 5 nitrogen and oxygen atoms in total. The molecule has 0 aromatic heterocycles. The van der Waals surface area contributed by atoms with Gasteiger partial charge in [0.2, 0.25) is 0 Å². The summed E-state index contributed by atoms with van der Waals surface area (Å²) in [4.78, 5) is 14.1. The third kappa shape index (κ3) is 2.78. The summed E-state index contributed by atoms with van der Waals surface area (Å²) in [5.41, 5.74) is 6.08. The maximum absolute atomic E-state index is 12.3. The SMILES string of the molecule is CC(C(N)=S)N(C)C(=O)c1ccc2c(c1)OCCO2. The van der Waals surface area contributed by atoms with Crippen molar-refractivity contribution in [1.29, 1.82) is 0 Å². The van der Waals surface area contributed by atoms with Gasteiger partial charge >= 0.3 is 0 Å². The number of thiocarbonyl (C=S) groups is 1. The van der Waals surface area contributed by atoms with Gasteiger partial charge in [0, 0.05) is 12.6 Å². The fraction of sp³-hybridized carbons (Fsp3) is 0.385. The highest BCUT2D eigenvalue weighted by Gasteiger charge is 2.21. The van der Waals surface area contributed by atoms with Crippen LogP contribution < -0.4 is 15.2 Å². The molecule has 102 valence electrons. The number of nitrogens with zero attached hydrogens (tertiary/aromatic N) is 1. The molecule has 19 heavy (non-hydrogen) atoms. The number of likely N-dealkylation sites (N-methyl/N-ethyl adjacent to an activating group) is 1. The van der Waals surface area contributed by atoms with E-state index in [1.807, 2.05) is 0 Å². The number of carbonyl (C=O) groups is 1. The van der Waals surface area contributed by atoms with E-state index in [0.29, 0.717) is 30.3 Å². The molecular formula is C13H16N2O3S. The van der Waals surface area contributed by atoms with E-state index in [2.05, 4.69) is 0 Å². The maximum Gasteiger partial charge on any atom is 0.254 e. The largest absolute Gasteiger partial charge is 0.486 e. The minimum Gasteiger partial charge on any atom is -0.486 e. The van der Waals surface area contributed by atoms with Crippen molar-refractivity contribution in [2.45, 2.75) is 13.0 Å². The van der Waals surface area contributed by atoms with E-state index < -0.39 is 0 Å². The lowest BCUT2D eigenvalue weighted by atomic mass is 10.1. The number of nitrogens with two attached hydrogens (primary N) is 1. The average molecular weight is 280 g/mol. The molecule has 6 heteroatoms. The molecule has 0 aliphatic carbocycles. The van der Waals surface area contributed by atoms with Gasteiger partial charge in [-0.25, -0.2) is 0 Å². The van der Waals surface area contributed by atoms with Crippen molar-refractivity contribution >= 4 is 23.1 Å². The van der Waals surface area contributed by atoms with Gasteiger partial charge < -0.3 is 20.1 Å². The Bertz CT molecular complexity index is 519. The van der Waals surface area contributed by atoms with Gasteiger partial charge in [-0.15, -0.1) is 0 Å². The van der Waals surface area contributed by atoms with Gasteiger partial charge in [-0.2, -0.15) is 0 Å². The number of rotatable bonds is 3. The summed E-state index contributed by atoms with van der Waals surface area (Å²) in [6.07, 6.45) is 0. The van der Waals surface area contributed by atoms with E-state index in [1.54, 1.807) is 32.2 Å². The van der Waals surface area contributed by atoms with Crippen LogP contribution >= 0.6 is 12.2 Å². The molecule has 0 radical (unpaired) electrons. The third-order valence-electron chi connectivity index (χ3n) is 3.10. The summed E-state index contributed by atoms with van der Waals surface area (Å²) in [6.45, 7) is 2.81. The highest BCUT2D eigenvalue weighted by Crippen LogP contribution is 2.31. The number of benzene rings is 1. The molecule has 0 bridgehead atoms. The number of hydrogen-bond donors (Lipinski definition) is 1. The van der Waals surface area contributed by atoms with Crippen molar-refractivity contribution in [2.75, 3.05) is 20.3 Å². The smallest absolute Gasteiger partial charge is 0.254 e. The first-order chi connectivity index (χ1) is 9.00. The van der Waals surface area contributed by atoms with Crippen molar-refractivity contribution in [2.24, 2.45) is 5.73 Å². The lowest BCUT2D eigenvalue weighted by molar-refractivity contribution is 0.0777. The van der Waals surface area contributed by atoms with Crippen LogP contribution in [0.15, 0.2) is 18.2 Å². The van der Waals surface area contributed by atoms with Crippen LogP contribution in [-0.2, 0) is 0 Å². The van der Waals surface area contributed by atoms with E-state index in [1.165, 1.54) is 4.90 Å². The predicted molar refractivity (Wildman–Crippen MR) is 75.8 cm³/mol. The Morgan fingerprint density at radius 3 is 2.63 bits per heavy atom. The summed E-state index contributed by atoms with van der Waals surface area (Å²) < 4.78 is 10.9. The van der Waals surface area contributed by atoms with Gasteiger partial charge in [-0.1, -0.05) is 12.2 Å². The molecule has 1 unspecified atom stereocenters. The van der Waals surface area contributed by atoms with Crippen LogP contribution in [0.3, 0.4) is 0 Å². The van der Waals surface area contributed by atoms with Crippen LogP contribution in [0, 0.1) is 0 Å². The quantitative estimate of drug-likeness (QED) is 0.843. The van der Waals surface area contributed by atoms with Crippen LogP contribution in [0.25, 0.3) is 0 Å². The molecule has 1 aliphatic rings. The van der Waals surface area contributed by atoms with E-state index in [4.69, 9.17) is 27.4 Å². The fourth-order valence-corrected chi connectivity index (χ4v) is 1.90. The second kappa shape index (κ2) is 5.44. The Balaban J connectivity index is 2.22. The minimum absolute atomic E-state index is 0.155. The number of amides is 1. The lowest BCUT2D eigenvalue weighted by Gasteiger charge is -2.25. The Kier molecular flexibility index (Phi) is 3.90. The zero-order valence-corrected chi connectivity index (χ0v) is 11.7. The van der Waals surface area contributed by atoms with Crippen molar-refractivity contribution < 1.29 is 14.3 Å². The summed E-state index contributed by atoms with van der Waals surface area (Å²) in [5.74, 6) is 1.10.